The van der Waals surface area contributed by atoms with Gasteiger partial charge in [-0.05, 0) is 25.0 Å². The molecule has 4 rings (SSSR count). The molecule has 0 bridgehead atoms. The number of aromatic nitrogens is 2. The van der Waals surface area contributed by atoms with E-state index in [-0.39, 0.29) is 11.8 Å². The van der Waals surface area contributed by atoms with Crippen LogP contribution in [-0.4, -0.2) is 70.3 Å². The van der Waals surface area contributed by atoms with E-state index in [9.17, 15) is 9.59 Å². The van der Waals surface area contributed by atoms with E-state index >= 15 is 0 Å². The second-order valence-corrected chi connectivity index (χ2v) is 7.40. The molecule has 0 saturated carbocycles. The monoisotopic (exact) mass is 368 g/mol. The van der Waals surface area contributed by atoms with Gasteiger partial charge in [0.1, 0.15) is 11.4 Å². The van der Waals surface area contributed by atoms with Crippen molar-refractivity contribution in [1.29, 1.82) is 0 Å². The molecular weight excluding hydrogens is 344 g/mol. The van der Waals surface area contributed by atoms with Crippen LogP contribution in [0.15, 0.2) is 29.3 Å². The molecule has 2 N–H and O–H groups in total. The number of rotatable bonds is 3. The molecule has 27 heavy (non-hydrogen) atoms. The lowest BCUT2D eigenvalue weighted by Crippen LogP contribution is -2.50. The Morgan fingerprint density at radius 2 is 2.00 bits per heavy atom. The topological polar surface area (TPSA) is 93.7 Å². The van der Waals surface area contributed by atoms with Crippen molar-refractivity contribution >= 4 is 28.8 Å². The van der Waals surface area contributed by atoms with Crippen LogP contribution in [0.2, 0.25) is 0 Å². The first-order chi connectivity index (χ1) is 13.0. The molecule has 1 saturated heterocycles. The molecule has 1 aromatic heterocycles. The van der Waals surface area contributed by atoms with Crippen LogP contribution in [0, 0.1) is 0 Å². The lowest BCUT2D eigenvalue weighted by Gasteiger charge is -2.35. The number of aliphatic imine (C=N–C) groups is 1. The zero-order valence-electron chi connectivity index (χ0n) is 15.7. The fraction of sp³-hybridized carbons (Fsp3) is 0.474. The minimum atomic E-state index is -0.713. The van der Waals surface area contributed by atoms with Crippen molar-refractivity contribution in [3.8, 4) is 0 Å². The highest BCUT2D eigenvalue weighted by atomic mass is 16.2. The number of para-hydroxylation sites is 2. The Labute approximate surface area is 157 Å². The van der Waals surface area contributed by atoms with Crippen molar-refractivity contribution in [3.63, 3.8) is 0 Å². The van der Waals surface area contributed by atoms with Gasteiger partial charge in [-0.15, -0.1) is 0 Å². The number of benzene rings is 1. The van der Waals surface area contributed by atoms with E-state index in [0.29, 0.717) is 44.7 Å². The summed E-state index contributed by atoms with van der Waals surface area (Å²) in [4.78, 5) is 41.0. The average Bonchev–Trinajstić information content (AvgIpc) is 3.22. The molecule has 2 amide bonds. The highest BCUT2D eigenvalue weighted by molar-refractivity contribution is 6.07. The molecule has 2 aromatic rings. The quantitative estimate of drug-likeness (QED) is 0.842. The number of amides is 2. The molecule has 0 aliphatic carbocycles. The van der Waals surface area contributed by atoms with Crippen LogP contribution in [0.4, 0.5) is 0 Å². The maximum Gasteiger partial charge on any atom is 0.254 e. The molecule has 1 fully saturated rings. The van der Waals surface area contributed by atoms with Gasteiger partial charge in [-0.3, -0.25) is 14.9 Å². The third kappa shape index (κ3) is 3.27. The summed E-state index contributed by atoms with van der Waals surface area (Å²) in [5, 5.41) is 2.84. The van der Waals surface area contributed by atoms with Gasteiger partial charge in [0.05, 0.1) is 11.0 Å². The summed E-state index contributed by atoms with van der Waals surface area (Å²) in [7, 11) is 3.71. The molecular formula is C19H24N6O2. The molecule has 0 radical (unpaired) electrons. The van der Waals surface area contributed by atoms with Crippen LogP contribution in [0.3, 0.4) is 0 Å². The Kier molecular flexibility index (Phi) is 4.33. The number of likely N-dealkylation sites (tertiary alicyclic amines) is 1. The Balaban J connectivity index is 1.34. The van der Waals surface area contributed by atoms with Crippen LogP contribution < -0.4 is 5.32 Å². The third-order valence-electron chi connectivity index (χ3n) is 5.35. The molecule has 8 nitrogen and oxygen atoms in total. The summed E-state index contributed by atoms with van der Waals surface area (Å²) in [5.41, 5.74) is 1.19. The summed E-state index contributed by atoms with van der Waals surface area (Å²) >= 11 is 0. The molecule has 3 heterocycles. The van der Waals surface area contributed by atoms with Crippen molar-refractivity contribution in [2.75, 3.05) is 27.2 Å². The summed E-state index contributed by atoms with van der Waals surface area (Å²) in [6, 6.07) is 7.84. The summed E-state index contributed by atoms with van der Waals surface area (Å²) in [6.07, 6.45) is 2.11. The van der Waals surface area contributed by atoms with Crippen LogP contribution in [-0.2, 0) is 16.0 Å². The first kappa shape index (κ1) is 17.5. The van der Waals surface area contributed by atoms with Gasteiger partial charge in [-0.2, -0.15) is 0 Å². The predicted molar refractivity (Wildman–Crippen MR) is 102 cm³/mol. The standard InChI is InChI=1S/C19H24N6O2/c1-24(2)18-22-17(27)19(23-18)9-11-25(12-10-19)16(26)8-7-15-20-13-5-3-4-6-14(13)21-15/h3-6H,7-12H2,1-2H3,(H,20,21)(H,22,23,27). The number of hydrogen-bond acceptors (Lipinski definition) is 5. The number of piperidine rings is 1. The summed E-state index contributed by atoms with van der Waals surface area (Å²) < 4.78 is 0. The van der Waals surface area contributed by atoms with Crippen molar-refractivity contribution in [2.24, 2.45) is 4.99 Å². The van der Waals surface area contributed by atoms with Crippen molar-refractivity contribution < 1.29 is 9.59 Å². The zero-order chi connectivity index (χ0) is 19.0. The van der Waals surface area contributed by atoms with E-state index in [1.54, 1.807) is 4.90 Å². The molecule has 142 valence electrons. The van der Waals surface area contributed by atoms with Gasteiger partial charge in [-0.25, -0.2) is 9.98 Å². The largest absolute Gasteiger partial charge is 0.349 e. The number of imidazole rings is 1. The fourth-order valence-corrected chi connectivity index (χ4v) is 3.68. The lowest BCUT2D eigenvalue weighted by atomic mass is 9.88. The van der Waals surface area contributed by atoms with Gasteiger partial charge < -0.3 is 14.8 Å². The summed E-state index contributed by atoms with van der Waals surface area (Å²) in [5.74, 6) is 1.47. The molecule has 8 heteroatoms. The minimum absolute atomic E-state index is 0.0550. The van der Waals surface area contributed by atoms with Crippen molar-refractivity contribution in [1.82, 2.24) is 25.1 Å². The number of hydrogen-bond donors (Lipinski definition) is 2. The van der Waals surface area contributed by atoms with E-state index in [0.717, 1.165) is 16.9 Å². The highest BCUT2D eigenvalue weighted by Crippen LogP contribution is 2.30. The van der Waals surface area contributed by atoms with Crippen molar-refractivity contribution in [2.45, 2.75) is 31.2 Å². The number of nitrogens with one attached hydrogen (secondary N) is 2. The summed E-state index contributed by atoms with van der Waals surface area (Å²) in [6.45, 7) is 1.10. The molecule has 0 unspecified atom stereocenters. The van der Waals surface area contributed by atoms with E-state index in [4.69, 9.17) is 0 Å². The molecule has 2 aliphatic heterocycles. The van der Waals surface area contributed by atoms with Crippen LogP contribution in [0.25, 0.3) is 11.0 Å². The average molecular weight is 368 g/mol. The van der Waals surface area contributed by atoms with Gasteiger partial charge in [-0.1, -0.05) is 12.1 Å². The SMILES string of the molecule is CN(C)C1=NC2(CCN(C(=O)CCc3nc4ccccc4[nH]3)CC2)C(=O)N1. The van der Waals surface area contributed by atoms with E-state index < -0.39 is 5.54 Å². The lowest BCUT2D eigenvalue weighted by molar-refractivity contribution is -0.135. The number of aromatic amines is 1. The Morgan fingerprint density at radius 1 is 1.26 bits per heavy atom. The Bertz CT molecular complexity index is 875. The van der Waals surface area contributed by atoms with Crippen LogP contribution in [0.1, 0.15) is 25.1 Å². The zero-order valence-corrected chi connectivity index (χ0v) is 15.7. The van der Waals surface area contributed by atoms with E-state index in [1.165, 1.54) is 0 Å². The second-order valence-electron chi connectivity index (χ2n) is 7.40. The number of guanidine groups is 1. The molecule has 1 spiro atoms. The van der Waals surface area contributed by atoms with Crippen LogP contribution in [0.5, 0.6) is 0 Å². The minimum Gasteiger partial charge on any atom is -0.349 e. The number of fused-ring (bicyclic) bond motifs is 1. The number of carbonyl (C=O) groups is 2. The molecule has 0 atom stereocenters. The maximum absolute atomic E-state index is 12.6. The number of carbonyl (C=O) groups excluding carboxylic acids is 2. The number of aryl methyl sites for hydroxylation is 1. The fourth-order valence-electron chi connectivity index (χ4n) is 3.68. The van der Waals surface area contributed by atoms with Gasteiger partial charge in [0, 0.05) is 40.0 Å². The Hall–Kier alpha value is -2.90. The van der Waals surface area contributed by atoms with Crippen LogP contribution >= 0.6 is 0 Å². The maximum atomic E-state index is 12.6. The van der Waals surface area contributed by atoms with Crippen molar-refractivity contribution in [3.05, 3.63) is 30.1 Å². The van der Waals surface area contributed by atoms with Gasteiger partial charge in [0.2, 0.25) is 11.9 Å². The Morgan fingerprint density at radius 3 is 2.67 bits per heavy atom. The molecule has 2 aliphatic rings. The second kappa shape index (κ2) is 6.68. The number of nitrogens with zero attached hydrogens (tertiary/aromatic N) is 4. The van der Waals surface area contributed by atoms with Gasteiger partial charge in [0.25, 0.3) is 5.91 Å². The van der Waals surface area contributed by atoms with Gasteiger partial charge in [0.15, 0.2) is 0 Å². The van der Waals surface area contributed by atoms with E-state index in [1.807, 2.05) is 43.3 Å². The first-order valence-electron chi connectivity index (χ1n) is 9.27. The molecule has 1 aromatic carbocycles. The number of H-pyrrole nitrogens is 1. The third-order valence-corrected chi connectivity index (χ3v) is 5.35. The smallest absolute Gasteiger partial charge is 0.254 e. The highest BCUT2D eigenvalue weighted by Gasteiger charge is 2.46. The van der Waals surface area contributed by atoms with Gasteiger partial charge >= 0.3 is 0 Å². The first-order valence-corrected chi connectivity index (χ1v) is 9.27. The predicted octanol–water partition coefficient (Wildman–Crippen LogP) is 0.904. The van der Waals surface area contributed by atoms with E-state index in [2.05, 4.69) is 20.3 Å². The normalized spacial score (nSPS) is 18.7.